The Morgan fingerprint density at radius 3 is 2.23 bits per heavy atom. The van der Waals surface area contributed by atoms with Crippen LogP contribution in [0, 0.1) is 0 Å². The highest BCUT2D eigenvalue weighted by molar-refractivity contribution is 5.88. The van der Waals surface area contributed by atoms with Crippen LogP contribution in [0.4, 0.5) is 27.6 Å². The van der Waals surface area contributed by atoms with E-state index in [1.807, 2.05) is 4.90 Å². The molecular weight excluding hydrogens is 409 g/mol. The van der Waals surface area contributed by atoms with E-state index in [-0.39, 0.29) is 24.1 Å². The summed E-state index contributed by atoms with van der Waals surface area (Å²) in [5.41, 5.74) is 0.727. The van der Waals surface area contributed by atoms with Crippen LogP contribution < -0.4 is 4.90 Å². The molecule has 2 aromatic carbocycles. The second-order valence-electron chi connectivity index (χ2n) is 7.15. The predicted molar refractivity (Wildman–Crippen MR) is 99.9 cm³/mol. The summed E-state index contributed by atoms with van der Waals surface area (Å²) in [6, 6.07) is 10.6. The van der Waals surface area contributed by atoms with Crippen LogP contribution in [0.5, 0.6) is 0 Å². The third-order valence-corrected chi connectivity index (χ3v) is 5.28. The molecule has 0 aromatic heterocycles. The molecule has 1 unspecified atom stereocenters. The summed E-state index contributed by atoms with van der Waals surface area (Å²) in [6.07, 6.45) is -3.31. The van der Waals surface area contributed by atoms with E-state index in [2.05, 4.69) is 4.74 Å². The van der Waals surface area contributed by atoms with Gasteiger partial charge in [0.2, 0.25) is 0 Å². The maximum absolute atomic E-state index is 12.8. The van der Waals surface area contributed by atoms with Gasteiger partial charge in [0.15, 0.2) is 0 Å². The minimum absolute atomic E-state index is 0.0930. The molecule has 30 heavy (non-hydrogen) atoms. The maximum Gasteiger partial charge on any atom is 0.416 e. The zero-order valence-corrected chi connectivity index (χ0v) is 15.8. The summed E-state index contributed by atoms with van der Waals surface area (Å²) in [4.78, 5) is 12.9. The molecule has 0 radical (unpaired) electrons. The minimum atomic E-state index is -4.42. The summed E-state index contributed by atoms with van der Waals surface area (Å²) in [5, 5.41) is 9.06. The molecule has 1 aliphatic rings. The first-order chi connectivity index (χ1) is 14.1. The van der Waals surface area contributed by atoms with Crippen molar-refractivity contribution in [2.45, 2.75) is 37.6 Å². The largest absolute Gasteiger partial charge is 0.478 e. The van der Waals surface area contributed by atoms with Gasteiger partial charge in [-0.1, -0.05) is 12.1 Å². The van der Waals surface area contributed by atoms with Gasteiger partial charge in [-0.3, -0.25) is 0 Å². The van der Waals surface area contributed by atoms with Crippen LogP contribution in [0.1, 0.15) is 40.2 Å². The van der Waals surface area contributed by atoms with Crippen LogP contribution in [0.25, 0.3) is 0 Å². The van der Waals surface area contributed by atoms with Gasteiger partial charge in [-0.25, -0.2) is 4.79 Å². The van der Waals surface area contributed by atoms with Gasteiger partial charge in [0.05, 0.1) is 23.8 Å². The van der Waals surface area contributed by atoms with Crippen LogP contribution in [0.2, 0.25) is 0 Å². The molecule has 4 nitrogen and oxygen atoms in total. The number of hydrogen-bond acceptors (Lipinski definition) is 3. The predicted octanol–water partition coefficient (Wildman–Crippen LogP) is 5.40. The fraction of sp³-hybridized carbons (Fsp3) is 0.381. The van der Waals surface area contributed by atoms with Gasteiger partial charge in [0.1, 0.15) is 0 Å². The van der Waals surface area contributed by atoms with Gasteiger partial charge in [-0.05, 0) is 54.8 Å². The zero-order valence-electron chi connectivity index (χ0n) is 15.8. The Labute approximate surface area is 169 Å². The number of anilines is 1. The number of carboxylic acids is 1. The number of carboxylic acid groups (broad SMARTS) is 1. The summed E-state index contributed by atoms with van der Waals surface area (Å²) in [6.45, 7) is -2.73. The Bertz CT molecular complexity index is 852. The van der Waals surface area contributed by atoms with Crippen molar-refractivity contribution in [2.24, 2.45) is 0 Å². The lowest BCUT2D eigenvalue weighted by atomic mass is 9.86. The quantitative estimate of drug-likeness (QED) is 0.625. The van der Waals surface area contributed by atoms with Crippen molar-refractivity contribution >= 4 is 11.7 Å². The van der Waals surface area contributed by atoms with E-state index < -0.39 is 24.3 Å². The van der Waals surface area contributed by atoms with Crippen LogP contribution >= 0.6 is 0 Å². The third kappa shape index (κ3) is 5.27. The standard InChI is InChI=1S/C21H20F5NO3/c22-20(23)30-12-18-10-5-15(13-1-6-16(7-2-13)21(24,25)26)11-27(18)17-8-3-14(4-9-17)19(28)29/h1-4,6-9,15,18,20H,5,10-12H2,(H,28,29)/t15?,18-/m0/s1. The van der Waals surface area contributed by atoms with Crippen molar-refractivity contribution in [2.75, 3.05) is 18.1 Å². The molecule has 162 valence electrons. The van der Waals surface area contributed by atoms with Crippen molar-refractivity contribution in [3.8, 4) is 0 Å². The van der Waals surface area contributed by atoms with Crippen molar-refractivity contribution in [3.63, 3.8) is 0 Å². The molecule has 1 aliphatic heterocycles. The van der Waals surface area contributed by atoms with Gasteiger partial charge in [-0.2, -0.15) is 22.0 Å². The molecule has 0 saturated carbocycles. The lowest BCUT2D eigenvalue weighted by Gasteiger charge is -2.41. The lowest BCUT2D eigenvalue weighted by molar-refractivity contribution is -0.137. The van der Waals surface area contributed by atoms with E-state index in [1.165, 1.54) is 24.3 Å². The Hall–Kier alpha value is -2.68. The fourth-order valence-electron chi connectivity index (χ4n) is 3.71. The number of ether oxygens (including phenoxy) is 1. The van der Waals surface area contributed by atoms with E-state index >= 15 is 0 Å². The number of aromatic carboxylic acids is 1. The number of nitrogens with zero attached hydrogens (tertiary/aromatic N) is 1. The molecule has 1 saturated heterocycles. The Balaban J connectivity index is 1.82. The maximum atomic E-state index is 12.8. The number of piperidine rings is 1. The number of rotatable bonds is 6. The molecule has 0 bridgehead atoms. The van der Waals surface area contributed by atoms with Gasteiger partial charge in [-0.15, -0.1) is 0 Å². The molecule has 2 aromatic rings. The average molecular weight is 429 g/mol. The normalized spacial score (nSPS) is 19.9. The number of benzene rings is 2. The monoisotopic (exact) mass is 429 g/mol. The average Bonchev–Trinajstić information content (AvgIpc) is 2.71. The second kappa shape index (κ2) is 8.99. The second-order valence-corrected chi connectivity index (χ2v) is 7.15. The molecule has 0 aliphatic carbocycles. The molecule has 9 heteroatoms. The summed E-state index contributed by atoms with van der Waals surface area (Å²) < 4.78 is 68.0. The molecule has 2 atom stereocenters. The van der Waals surface area contributed by atoms with Gasteiger partial charge < -0.3 is 14.7 Å². The van der Waals surface area contributed by atoms with Crippen molar-refractivity contribution < 1.29 is 36.6 Å². The Morgan fingerprint density at radius 2 is 1.70 bits per heavy atom. The fourth-order valence-corrected chi connectivity index (χ4v) is 3.71. The van der Waals surface area contributed by atoms with Crippen LogP contribution in [0.15, 0.2) is 48.5 Å². The van der Waals surface area contributed by atoms with Gasteiger partial charge in [0, 0.05) is 18.2 Å². The number of carbonyl (C=O) groups is 1. The van der Waals surface area contributed by atoms with E-state index in [1.54, 1.807) is 12.1 Å². The van der Waals surface area contributed by atoms with Crippen molar-refractivity contribution in [3.05, 3.63) is 65.2 Å². The topological polar surface area (TPSA) is 49.8 Å². The van der Waals surface area contributed by atoms with Crippen LogP contribution in [-0.4, -0.2) is 36.9 Å². The van der Waals surface area contributed by atoms with Gasteiger partial charge in [0.25, 0.3) is 0 Å². The van der Waals surface area contributed by atoms with Crippen molar-refractivity contribution in [1.82, 2.24) is 0 Å². The van der Waals surface area contributed by atoms with E-state index in [4.69, 9.17) is 5.11 Å². The van der Waals surface area contributed by atoms with Gasteiger partial charge >= 0.3 is 18.8 Å². The molecule has 1 heterocycles. The first-order valence-electron chi connectivity index (χ1n) is 9.32. The van der Waals surface area contributed by atoms with Crippen molar-refractivity contribution in [1.29, 1.82) is 0 Å². The molecule has 0 amide bonds. The Morgan fingerprint density at radius 1 is 1.07 bits per heavy atom. The highest BCUT2D eigenvalue weighted by atomic mass is 19.4. The van der Waals surface area contributed by atoms with E-state index in [0.717, 1.165) is 17.7 Å². The first-order valence-corrected chi connectivity index (χ1v) is 9.32. The molecule has 1 N–H and O–H groups in total. The molecule has 1 fully saturated rings. The molecular formula is C21H20F5NO3. The van der Waals surface area contributed by atoms with Crippen LogP contribution in [0.3, 0.4) is 0 Å². The molecule has 0 spiro atoms. The summed E-state index contributed by atoms with van der Waals surface area (Å²) in [7, 11) is 0. The third-order valence-electron chi connectivity index (χ3n) is 5.28. The zero-order chi connectivity index (χ0) is 21.9. The number of halogens is 5. The highest BCUT2D eigenvalue weighted by Gasteiger charge is 2.32. The smallest absolute Gasteiger partial charge is 0.416 e. The highest BCUT2D eigenvalue weighted by Crippen LogP contribution is 2.36. The number of hydrogen-bond donors (Lipinski definition) is 1. The van der Waals surface area contributed by atoms with E-state index in [9.17, 15) is 26.7 Å². The molecule has 3 rings (SSSR count). The SMILES string of the molecule is O=C(O)c1ccc(N2CC(c3ccc(C(F)(F)F)cc3)CC[C@H]2COC(F)F)cc1. The van der Waals surface area contributed by atoms with Crippen LogP contribution in [-0.2, 0) is 10.9 Å². The minimum Gasteiger partial charge on any atom is -0.478 e. The number of alkyl halides is 5. The lowest BCUT2D eigenvalue weighted by Crippen LogP contribution is -2.45. The van der Waals surface area contributed by atoms with E-state index in [0.29, 0.717) is 25.1 Å². The summed E-state index contributed by atoms with van der Waals surface area (Å²) in [5.74, 6) is -1.19. The summed E-state index contributed by atoms with van der Waals surface area (Å²) >= 11 is 0. The Kier molecular flexibility index (Phi) is 6.60. The first kappa shape index (κ1) is 22.0.